The Morgan fingerprint density at radius 3 is 2.62 bits per heavy atom. The molecular weight excluding hydrogens is 206 g/mol. The molecular formula is C11H25N3O2. The van der Waals surface area contributed by atoms with E-state index in [0.29, 0.717) is 25.7 Å². The van der Waals surface area contributed by atoms with Crippen LogP contribution in [0.4, 0.5) is 0 Å². The van der Waals surface area contributed by atoms with Crippen molar-refractivity contribution in [1.82, 2.24) is 10.2 Å². The average molecular weight is 231 g/mol. The molecule has 3 N–H and O–H groups in total. The van der Waals surface area contributed by atoms with Crippen LogP contribution in [0.25, 0.3) is 0 Å². The van der Waals surface area contributed by atoms with Gasteiger partial charge in [-0.15, -0.1) is 0 Å². The van der Waals surface area contributed by atoms with Gasteiger partial charge in [0.15, 0.2) is 0 Å². The Kier molecular flexibility index (Phi) is 8.15. The molecule has 0 fully saturated rings. The summed E-state index contributed by atoms with van der Waals surface area (Å²) in [4.78, 5) is 13.8. The molecule has 5 nitrogen and oxygen atoms in total. The van der Waals surface area contributed by atoms with E-state index in [0.717, 1.165) is 6.42 Å². The number of methoxy groups -OCH3 is 1. The lowest BCUT2D eigenvalue weighted by Gasteiger charge is -2.29. The normalized spacial score (nSPS) is 14.9. The molecule has 2 unspecified atom stereocenters. The first-order valence-corrected chi connectivity index (χ1v) is 5.73. The van der Waals surface area contributed by atoms with Gasteiger partial charge in [0.2, 0.25) is 5.91 Å². The molecule has 0 aliphatic heterocycles. The number of nitrogens with two attached hydrogens (primary N) is 1. The van der Waals surface area contributed by atoms with E-state index in [2.05, 4.69) is 12.2 Å². The fourth-order valence-corrected chi connectivity index (χ4v) is 1.44. The van der Waals surface area contributed by atoms with Crippen molar-refractivity contribution in [2.24, 2.45) is 5.73 Å². The van der Waals surface area contributed by atoms with Crippen LogP contribution < -0.4 is 11.1 Å². The summed E-state index contributed by atoms with van der Waals surface area (Å²) in [6, 6.07) is 0.173. The van der Waals surface area contributed by atoms with Crippen LogP contribution in [0.15, 0.2) is 0 Å². The first-order chi connectivity index (χ1) is 7.54. The number of hydrogen-bond acceptors (Lipinski definition) is 4. The van der Waals surface area contributed by atoms with Gasteiger partial charge in [-0.25, -0.2) is 0 Å². The van der Waals surface area contributed by atoms with Crippen LogP contribution in [0, 0.1) is 0 Å². The lowest BCUT2D eigenvalue weighted by molar-refractivity contribution is -0.126. The Morgan fingerprint density at radius 1 is 1.50 bits per heavy atom. The van der Waals surface area contributed by atoms with E-state index < -0.39 is 0 Å². The van der Waals surface area contributed by atoms with Gasteiger partial charge in [-0.05, 0) is 33.9 Å². The topological polar surface area (TPSA) is 67.6 Å². The van der Waals surface area contributed by atoms with Gasteiger partial charge in [0.05, 0.1) is 12.6 Å². The third-order valence-electron chi connectivity index (χ3n) is 2.88. The van der Waals surface area contributed by atoms with Crippen LogP contribution in [-0.4, -0.2) is 56.7 Å². The second-order valence-electron chi connectivity index (χ2n) is 4.05. The smallest absolute Gasteiger partial charge is 0.237 e. The minimum atomic E-state index is -0.140. The van der Waals surface area contributed by atoms with Gasteiger partial charge in [0.1, 0.15) is 0 Å². The van der Waals surface area contributed by atoms with Crippen LogP contribution in [0.3, 0.4) is 0 Å². The summed E-state index contributed by atoms with van der Waals surface area (Å²) in [6.45, 7) is 5.71. The Bertz CT molecular complexity index is 200. The number of nitrogens with zero attached hydrogens (tertiary/aromatic N) is 1. The molecule has 0 spiro atoms. The highest BCUT2D eigenvalue weighted by Gasteiger charge is 2.21. The molecule has 0 aliphatic carbocycles. The van der Waals surface area contributed by atoms with Crippen molar-refractivity contribution in [3.63, 3.8) is 0 Å². The van der Waals surface area contributed by atoms with Crippen LogP contribution >= 0.6 is 0 Å². The average Bonchev–Trinajstić information content (AvgIpc) is 2.27. The summed E-state index contributed by atoms with van der Waals surface area (Å²) in [5.74, 6) is 0.0309. The fourth-order valence-electron chi connectivity index (χ4n) is 1.44. The Hall–Kier alpha value is -0.650. The predicted octanol–water partition coefficient (Wildman–Crippen LogP) is -0.193. The SMILES string of the molecule is COCCNC(=O)C(C)N(C)C(C)CCN. The van der Waals surface area contributed by atoms with Crippen LogP contribution in [0.5, 0.6) is 0 Å². The molecule has 1 amide bonds. The summed E-state index contributed by atoms with van der Waals surface area (Å²) < 4.78 is 4.87. The number of nitrogens with one attached hydrogen (secondary N) is 1. The maximum Gasteiger partial charge on any atom is 0.237 e. The van der Waals surface area contributed by atoms with Crippen molar-refractivity contribution < 1.29 is 9.53 Å². The third-order valence-corrected chi connectivity index (χ3v) is 2.88. The molecule has 0 aromatic rings. The molecule has 0 saturated carbocycles. The van der Waals surface area contributed by atoms with Gasteiger partial charge >= 0.3 is 0 Å². The highest BCUT2D eigenvalue weighted by molar-refractivity contribution is 5.81. The molecule has 96 valence electrons. The lowest BCUT2D eigenvalue weighted by Crippen LogP contribution is -2.47. The van der Waals surface area contributed by atoms with Crippen molar-refractivity contribution >= 4 is 5.91 Å². The van der Waals surface area contributed by atoms with E-state index in [4.69, 9.17) is 10.5 Å². The number of ether oxygens (including phenoxy) is 1. The highest BCUT2D eigenvalue weighted by atomic mass is 16.5. The zero-order valence-electron chi connectivity index (χ0n) is 10.8. The summed E-state index contributed by atoms with van der Waals surface area (Å²) in [7, 11) is 3.56. The Morgan fingerprint density at radius 2 is 2.12 bits per heavy atom. The van der Waals surface area contributed by atoms with Crippen LogP contribution in [-0.2, 0) is 9.53 Å². The van der Waals surface area contributed by atoms with E-state index in [1.807, 2.05) is 18.9 Å². The molecule has 0 heterocycles. The largest absolute Gasteiger partial charge is 0.383 e. The standard InChI is InChI=1S/C11H25N3O2/c1-9(5-6-12)14(3)10(2)11(15)13-7-8-16-4/h9-10H,5-8,12H2,1-4H3,(H,13,15). The monoisotopic (exact) mass is 231 g/mol. The first kappa shape index (κ1) is 15.3. The van der Waals surface area contributed by atoms with Gasteiger partial charge in [0, 0.05) is 19.7 Å². The molecule has 0 aromatic heterocycles. The Labute approximate surface area is 98.3 Å². The van der Waals surface area contributed by atoms with E-state index in [-0.39, 0.29) is 11.9 Å². The number of hydrogen-bond donors (Lipinski definition) is 2. The minimum Gasteiger partial charge on any atom is -0.383 e. The number of likely N-dealkylation sites (N-methyl/N-ethyl adjacent to an activating group) is 1. The van der Waals surface area contributed by atoms with Gasteiger partial charge in [0.25, 0.3) is 0 Å². The maximum absolute atomic E-state index is 11.7. The number of amides is 1. The molecule has 0 saturated heterocycles. The van der Waals surface area contributed by atoms with E-state index in [9.17, 15) is 4.79 Å². The number of carbonyl (C=O) groups is 1. The van der Waals surface area contributed by atoms with Gasteiger partial charge in [-0.1, -0.05) is 0 Å². The maximum atomic E-state index is 11.7. The molecule has 16 heavy (non-hydrogen) atoms. The molecule has 0 aromatic carbocycles. The van der Waals surface area contributed by atoms with Crippen LogP contribution in [0.1, 0.15) is 20.3 Å². The van der Waals surface area contributed by atoms with E-state index >= 15 is 0 Å². The van der Waals surface area contributed by atoms with E-state index in [1.165, 1.54) is 0 Å². The first-order valence-electron chi connectivity index (χ1n) is 5.73. The van der Waals surface area contributed by atoms with Gasteiger partial charge in [-0.3, -0.25) is 9.69 Å². The van der Waals surface area contributed by atoms with Crippen molar-refractivity contribution in [2.45, 2.75) is 32.4 Å². The van der Waals surface area contributed by atoms with Gasteiger partial charge < -0.3 is 15.8 Å². The number of rotatable bonds is 8. The second-order valence-corrected chi connectivity index (χ2v) is 4.05. The molecule has 0 rings (SSSR count). The van der Waals surface area contributed by atoms with Crippen molar-refractivity contribution in [2.75, 3.05) is 33.9 Å². The van der Waals surface area contributed by atoms with Crippen LogP contribution in [0.2, 0.25) is 0 Å². The fraction of sp³-hybridized carbons (Fsp3) is 0.909. The minimum absolute atomic E-state index is 0.0309. The molecule has 5 heteroatoms. The molecule has 0 bridgehead atoms. The van der Waals surface area contributed by atoms with Crippen molar-refractivity contribution in [1.29, 1.82) is 0 Å². The molecule has 0 aliphatic rings. The lowest BCUT2D eigenvalue weighted by atomic mass is 10.1. The molecule has 2 atom stereocenters. The van der Waals surface area contributed by atoms with Gasteiger partial charge in [-0.2, -0.15) is 0 Å². The third kappa shape index (κ3) is 5.44. The second kappa shape index (κ2) is 8.50. The predicted molar refractivity (Wildman–Crippen MR) is 65.2 cm³/mol. The highest BCUT2D eigenvalue weighted by Crippen LogP contribution is 2.05. The number of carbonyl (C=O) groups excluding carboxylic acids is 1. The quantitative estimate of drug-likeness (QED) is 0.568. The summed E-state index contributed by atoms with van der Waals surface area (Å²) >= 11 is 0. The van der Waals surface area contributed by atoms with Crippen molar-refractivity contribution in [3.05, 3.63) is 0 Å². The summed E-state index contributed by atoms with van der Waals surface area (Å²) in [5, 5.41) is 2.82. The Balaban J connectivity index is 4.00. The molecule has 0 radical (unpaired) electrons. The zero-order chi connectivity index (χ0) is 12.6. The zero-order valence-corrected chi connectivity index (χ0v) is 10.8. The summed E-state index contributed by atoms with van der Waals surface area (Å²) in [5.41, 5.74) is 5.50. The van der Waals surface area contributed by atoms with E-state index in [1.54, 1.807) is 7.11 Å². The summed E-state index contributed by atoms with van der Waals surface area (Å²) in [6.07, 6.45) is 0.895. The van der Waals surface area contributed by atoms with Crippen molar-refractivity contribution in [3.8, 4) is 0 Å².